The predicted octanol–water partition coefficient (Wildman–Crippen LogP) is 4.79. The van der Waals surface area contributed by atoms with Gasteiger partial charge in [-0.05, 0) is 43.7 Å². The molecule has 4 rings (SSSR count). The lowest BCUT2D eigenvalue weighted by Crippen LogP contribution is -2.23. The van der Waals surface area contributed by atoms with E-state index in [1.165, 1.54) is 11.3 Å². The first-order chi connectivity index (χ1) is 13.1. The molecule has 0 bridgehead atoms. The van der Waals surface area contributed by atoms with Crippen molar-refractivity contribution in [2.24, 2.45) is 0 Å². The van der Waals surface area contributed by atoms with Crippen LogP contribution in [0.1, 0.15) is 46.5 Å². The van der Waals surface area contributed by atoms with Crippen LogP contribution in [0.5, 0.6) is 0 Å². The van der Waals surface area contributed by atoms with Gasteiger partial charge in [0.1, 0.15) is 6.26 Å². The standard InChI is InChI=1S/C19H19BrN4O2S/c1-12-21-15(10-26-12)9-24-8-2-3-17(24)16-11-27-19(22-16)23-18(25)13-4-6-14(20)7-5-13/h4-7,10-11,17H,2-3,8-9H2,1H3,(H,22,23,25)/t17-/m1/s1. The van der Waals surface area contributed by atoms with Crippen molar-refractivity contribution in [3.05, 3.63) is 63.2 Å². The van der Waals surface area contributed by atoms with Crippen molar-refractivity contribution in [1.29, 1.82) is 0 Å². The quantitative estimate of drug-likeness (QED) is 0.609. The van der Waals surface area contributed by atoms with Gasteiger partial charge in [-0.2, -0.15) is 0 Å². The van der Waals surface area contributed by atoms with Crippen LogP contribution < -0.4 is 5.32 Å². The summed E-state index contributed by atoms with van der Waals surface area (Å²) < 4.78 is 6.25. The number of aromatic nitrogens is 2. The maximum Gasteiger partial charge on any atom is 0.257 e. The van der Waals surface area contributed by atoms with Crippen LogP contribution in [0.4, 0.5) is 5.13 Å². The van der Waals surface area contributed by atoms with Gasteiger partial charge in [-0.15, -0.1) is 11.3 Å². The summed E-state index contributed by atoms with van der Waals surface area (Å²) in [6, 6.07) is 7.52. The first-order valence-electron chi connectivity index (χ1n) is 8.76. The molecule has 1 aliphatic heterocycles. The lowest BCUT2D eigenvalue weighted by atomic mass is 10.1. The minimum Gasteiger partial charge on any atom is -0.449 e. The van der Waals surface area contributed by atoms with Gasteiger partial charge in [0, 0.05) is 28.9 Å². The Bertz CT molecular complexity index is 937. The molecule has 1 fully saturated rings. The average molecular weight is 447 g/mol. The topological polar surface area (TPSA) is 71.3 Å². The number of anilines is 1. The van der Waals surface area contributed by atoms with Crippen LogP contribution in [0.25, 0.3) is 0 Å². The Morgan fingerprint density at radius 2 is 2.19 bits per heavy atom. The lowest BCUT2D eigenvalue weighted by Gasteiger charge is -2.21. The zero-order valence-corrected chi connectivity index (χ0v) is 17.2. The van der Waals surface area contributed by atoms with E-state index in [2.05, 4.69) is 36.1 Å². The van der Waals surface area contributed by atoms with Gasteiger partial charge >= 0.3 is 0 Å². The third-order valence-corrected chi connectivity index (χ3v) is 5.89. The minimum absolute atomic E-state index is 0.148. The largest absolute Gasteiger partial charge is 0.449 e. The van der Waals surface area contributed by atoms with Crippen LogP contribution in [-0.4, -0.2) is 27.3 Å². The summed E-state index contributed by atoms with van der Waals surface area (Å²) in [6.45, 7) is 3.61. The zero-order chi connectivity index (χ0) is 18.8. The molecule has 3 aromatic rings. The average Bonchev–Trinajstić information content (AvgIpc) is 3.37. The Kier molecular flexibility index (Phi) is 5.38. The highest BCUT2D eigenvalue weighted by atomic mass is 79.9. The molecule has 0 unspecified atom stereocenters. The molecule has 6 nitrogen and oxygen atoms in total. The first-order valence-corrected chi connectivity index (χ1v) is 10.4. The number of rotatable bonds is 5. The Morgan fingerprint density at radius 1 is 1.37 bits per heavy atom. The van der Waals surface area contributed by atoms with E-state index >= 15 is 0 Å². The normalized spacial score (nSPS) is 17.3. The molecule has 0 spiro atoms. The van der Waals surface area contributed by atoms with Gasteiger partial charge in [-0.3, -0.25) is 15.0 Å². The summed E-state index contributed by atoms with van der Waals surface area (Å²) in [5, 5.41) is 5.56. The molecule has 1 amide bonds. The Morgan fingerprint density at radius 3 is 2.93 bits per heavy atom. The van der Waals surface area contributed by atoms with E-state index < -0.39 is 0 Å². The van der Waals surface area contributed by atoms with Crippen LogP contribution in [-0.2, 0) is 6.54 Å². The highest BCUT2D eigenvalue weighted by Gasteiger charge is 2.28. The molecule has 1 aromatic carbocycles. The fourth-order valence-electron chi connectivity index (χ4n) is 3.31. The number of thiazole rings is 1. The summed E-state index contributed by atoms with van der Waals surface area (Å²) in [5.41, 5.74) is 2.56. The van der Waals surface area contributed by atoms with Gasteiger partial charge in [-0.25, -0.2) is 9.97 Å². The van der Waals surface area contributed by atoms with Crippen molar-refractivity contribution in [2.45, 2.75) is 32.4 Å². The number of aryl methyl sites for hydroxylation is 1. The second-order valence-electron chi connectivity index (χ2n) is 6.52. The summed E-state index contributed by atoms with van der Waals surface area (Å²) in [4.78, 5) is 23.8. The molecule has 1 atom stereocenters. The second-order valence-corrected chi connectivity index (χ2v) is 8.30. The highest BCUT2D eigenvalue weighted by molar-refractivity contribution is 9.10. The zero-order valence-electron chi connectivity index (χ0n) is 14.8. The molecule has 1 saturated heterocycles. The van der Waals surface area contributed by atoms with Crippen LogP contribution in [0, 0.1) is 6.92 Å². The number of oxazole rings is 1. The van der Waals surface area contributed by atoms with Crippen molar-refractivity contribution in [1.82, 2.24) is 14.9 Å². The first kappa shape index (κ1) is 18.3. The minimum atomic E-state index is -0.148. The van der Waals surface area contributed by atoms with Gasteiger partial charge in [0.15, 0.2) is 11.0 Å². The van der Waals surface area contributed by atoms with Crippen molar-refractivity contribution in [2.75, 3.05) is 11.9 Å². The number of amides is 1. The molecule has 2 aromatic heterocycles. The van der Waals surface area contributed by atoms with Crippen molar-refractivity contribution < 1.29 is 9.21 Å². The second kappa shape index (κ2) is 7.92. The van der Waals surface area contributed by atoms with Crippen molar-refractivity contribution in [3.8, 4) is 0 Å². The molecule has 0 saturated carbocycles. The molecule has 3 heterocycles. The highest BCUT2D eigenvalue weighted by Crippen LogP contribution is 2.34. The Balaban J connectivity index is 1.43. The number of carbonyl (C=O) groups is 1. The molecule has 0 radical (unpaired) electrons. The van der Waals surface area contributed by atoms with E-state index in [1.54, 1.807) is 18.4 Å². The molecule has 140 valence electrons. The number of likely N-dealkylation sites (tertiary alicyclic amines) is 1. The van der Waals surface area contributed by atoms with E-state index in [-0.39, 0.29) is 11.9 Å². The SMILES string of the molecule is Cc1nc(CN2CCC[C@@H]2c2csc(NC(=O)c3ccc(Br)cc3)n2)co1. The number of nitrogens with zero attached hydrogens (tertiary/aromatic N) is 3. The van der Waals surface area contributed by atoms with Gasteiger partial charge in [-0.1, -0.05) is 15.9 Å². The van der Waals surface area contributed by atoms with Crippen LogP contribution >= 0.6 is 27.3 Å². The Labute approximate surface area is 169 Å². The summed E-state index contributed by atoms with van der Waals surface area (Å²) >= 11 is 4.84. The number of nitrogens with one attached hydrogen (secondary N) is 1. The molecular formula is C19H19BrN4O2S. The van der Waals surface area contributed by atoms with Gasteiger partial charge in [0.05, 0.1) is 17.4 Å². The van der Waals surface area contributed by atoms with E-state index in [0.29, 0.717) is 16.6 Å². The van der Waals surface area contributed by atoms with E-state index in [4.69, 9.17) is 4.42 Å². The lowest BCUT2D eigenvalue weighted by molar-refractivity contribution is 0.102. The molecular weight excluding hydrogens is 428 g/mol. The van der Waals surface area contributed by atoms with Gasteiger partial charge < -0.3 is 4.42 Å². The molecule has 27 heavy (non-hydrogen) atoms. The van der Waals surface area contributed by atoms with E-state index in [9.17, 15) is 4.79 Å². The summed E-state index contributed by atoms with van der Waals surface area (Å²) in [7, 11) is 0. The summed E-state index contributed by atoms with van der Waals surface area (Å²) in [5.74, 6) is 0.539. The van der Waals surface area contributed by atoms with Crippen molar-refractivity contribution >= 4 is 38.3 Å². The molecule has 0 aliphatic carbocycles. The Hall–Kier alpha value is -2.03. The maximum absolute atomic E-state index is 12.4. The fraction of sp³-hybridized carbons (Fsp3) is 0.316. The third-order valence-electron chi connectivity index (χ3n) is 4.59. The fourth-order valence-corrected chi connectivity index (χ4v) is 4.32. The number of carbonyl (C=O) groups excluding carboxylic acids is 1. The monoisotopic (exact) mass is 446 g/mol. The van der Waals surface area contributed by atoms with E-state index in [0.717, 1.165) is 41.8 Å². The molecule has 8 heteroatoms. The van der Waals surface area contributed by atoms with Crippen molar-refractivity contribution in [3.63, 3.8) is 0 Å². The number of hydrogen-bond acceptors (Lipinski definition) is 6. The van der Waals surface area contributed by atoms with Crippen LogP contribution in [0.3, 0.4) is 0 Å². The van der Waals surface area contributed by atoms with Crippen LogP contribution in [0.15, 0.2) is 44.8 Å². The summed E-state index contributed by atoms with van der Waals surface area (Å²) in [6.07, 6.45) is 3.90. The third kappa shape index (κ3) is 4.28. The number of hydrogen-bond donors (Lipinski definition) is 1. The van der Waals surface area contributed by atoms with Gasteiger partial charge in [0.2, 0.25) is 0 Å². The maximum atomic E-state index is 12.4. The molecule has 1 aliphatic rings. The van der Waals surface area contributed by atoms with Crippen LogP contribution in [0.2, 0.25) is 0 Å². The van der Waals surface area contributed by atoms with Gasteiger partial charge in [0.25, 0.3) is 5.91 Å². The number of benzene rings is 1. The molecule has 1 N–H and O–H groups in total. The van der Waals surface area contributed by atoms with E-state index in [1.807, 2.05) is 24.4 Å². The predicted molar refractivity (Wildman–Crippen MR) is 108 cm³/mol. The number of halogens is 1. The smallest absolute Gasteiger partial charge is 0.257 e.